The van der Waals surface area contributed by atoms with E-state index in [1.165, 1.54) is 43.6 Å². The second-order valence-corrected chi connectivity index (χ2v) is 6.01. The van der Waals surface area contributed by atoms with Crippen molar-refractivity contribution in [3.63, 3.8) is 0 Å². The van der Waals surface area contributed by atoms with E-state index in [1.54, 1.807) is 6.07 Å². The number of hydrogen-bond donors (Lipinski definition) is 1. The number of nitro benzene ring substituents is 1. The molecule has 1 aromatic carbocycles. The van der Waals surface area contributed by atoms with Crippen molar-refractivity contribution >= 4 is 28.9 Å². The van der Waals surface area contributed by atoms with Crippen LogP contribution in [-0.4, -0.2) is 23.9 Å². The van der Waals surface area contributed by atoms with Crippen LogP contribution in [0.3, 0.4) is 0 Å². The molecule has 0 fully saturated rings. The zero-order valence-electron chi connectivity index (χ0n) is 13.1. The fraction of sp³-hybridized carbons (Fsp3) is 0.250. The molecule has 0 aliphatic heterocycles. The van der Waals surface area contributed by atoms with Crippen molar-refractivity contribution in [1.82, 2.24) is 5.32 Å². The van der Waals surface area contributed by atoms with Crippen LogP contribution >= 0.6 is 11.3 Å². The number of nitrogens with zero attached hydrogens (tertiary/aromatic N) is 1. The first kappa shape index (κ1) is 17.6. The predicted molar refractivity (Wildman–Crippen MR) is 89.0 cm³/mol. The van der Waals surface area contributed by atoms with Crippen molar-refractivity contribution in [2.24, 2.45) is 0 Å². The van der Waals surface area contributed by atoms with Crippen molar-refractivity contribution in [1.29, 1.82) is 0 Å². The molecule has 24 heavy (non-hydrogen) atoms. The summed E-state index contributed by atoms with van der Waals surface area (Å²) in [4.78, 5) is 35.4. The van der Waals surface area contributed by atoms with E-state index < -0.39 is 22.8 Å². The molecular formula is C16H16N2O5S. The minimum Gasteiger partial charge on any atom is -0.469 e. The summed E-state index contributed by atoms with van der Waals surface area (Å²) in [6.45, 7) is 1.52. The van der Waals surface area contributed by atoms with E-state index in [0.29, 0.717) is 0 Å². The Morgan fingerprint density at radius 1 is 1.33 bits per heavy atom. The van der Waals surface area contributed by atoms with Crippen LogP contribution in [0.4, 0.5) is 5.69 Å². The Morgan fingerprint density at radius 3 is 2.67 bits per heavy atom. The van der Waals surface area contributed by atoms with Crippen LogP contribution in [0.1, 0.15) is 33.3 Å². The Bertz CT molecular complexity index is 758. The third kappa shape index (κ3) is 3.96. The van der Waals surface area contributed by atoms with E-state index in [2.05, 4.69) is 10.1 Å². The molecule has 0 saturated heterocycles. The zero-order chi connectivity index (χ0) is 17.7. The number of hydrogen-bond acceptors (Lipinski definition) is 6. The predicted octanol–water partition coefficient (Wildman–Crippen LogP) is 3.00. The lowest BCUT2D eigenvalue weighted by Crippen LogP contribution is -2.30. The second-order valence-electron chi connectivity index (χ2n) is 5.03. The summed E-state index contributed by atoms with van der Waals surface area (Å²) in [6.07, 6.45) is -0.0171. The number of methoxy groups -OCH3 is 1. The molecule has 1 aromatic heterocycles. The van der Waals surface area contributed by atoms with Gasteiger partial charge in [-0.25, -0.2) is 0 Å². The Labute approximate surface area is 142 Å². The van der Waals surface area contributed by atoms with Crippen LogP contribution in [0.5, 0.6) is 0 Å². The summed E-state index contributed by atoms with van der Waals surface area (Å²) >= 11 is 1.40. The van der Waals surface area contributed by atoms with Gasteiger partial charge in [0.15, 0.2) is 0 Å². The first-order chi connectivity index (χ1) is 11.4. The lowest BCUT2D eigenvalue weighted by Gasteiger charge is -2.17. The molecular weight excluding hydrogens is 332 g/mol. The number of rotatable bonds is 6. The van der Waals surface area contributed by atoms with E-state index >= 15 is 0 Å². The topological polar surface area (TPSA) is 98.5 Å². The van der Waals surface area contributed by atoms with Gasteiger partial charge in [-0.2, -0.15) is 0 Å². The third-order valence-corrected chi connectivity index (χ3v) is 4.52. The molecule has 8 heteroatoms. The molecule has 0 saturated carbocycles. The first-order valence-corrected chi connectivity index (χ1v) is 7.97. The average Bonchev–Trinajstić information content (AvgIpc) is 3.08. The largest absolute Gasteiger partial charge is 0.469 e. The van der Waals surface area contributed by atoms with E-state index in [1.807, 2.05) is 11.4 Å². The zero-order valence-corrected chi connectivity index (χ0v) is 14.0. The maximum Gasteiger partial charge on any atom is 0.307 e. The SMILES string of the molecule is COC(=O)CC(NC(=O)c1cccc([N+](=O)[O-])c1C)c1cccs1. The van der Waals surface area contributed by atoms with Gasteiger partial charge in [-0.3, -0.25) is 19.7 Å². The lowest BCUT2D eigenvalue weighted by atomic mass is 10.0. The number of carbonyl (C=O) groups is 2. The first-order valence-electron chi connectivity index (χ1n) is 7.09. The Kier molecular flexibility index (Phi) is 5.64. The highest BCUT2D eigenvalue weighted by Gasteiger charge is 2.23. The monoisotopic (exact) mass is 348 g/mol. The van der Waals surface area contributed by atoms with Crippen LogP contribution in [0.15, 0.2) is 35.7 Å². The molecule has 7 nitrogen and oxygen atoms in total. The lowest BCUT2D eigenvalue weighted by molar-refractivity contribution is -0.385. The highest BCUT2D eigenvalue weighted by Crippen LogP contribution is 2.25. The molecule has 126 valence electrons. The van der Waals surface area contributed by atoms with Gasteiger partial charge in [-0.1, -0.05) is 12.1 Å². The molecule has 1 amide bonds. The fourth-order valence-electron chi connectivity index (χ4n) is 2.27. The summed E-state index contributed by atoms with van der Waals surface area (Å²) in [7, 11) is 1.28. The number of benzene rings is 1. The van der Waals surface area contributed by atoms with Gasteiger partial charge in [0.1, 0.15) is 0 Å². The standard InChI is InChI=1S/C16H16N2O5S/c1-10-11(5-3-6-13(10)18(21)22)16(20)17-12(9-15(19)23-2)14-7-4-8-24-14/h3-8,12H,9H2,1-2H3,(H,17,20). The van der Waals surface area contributed by atoms with Crippen LogP contribution in [0, 0.1) is 17.0 Å². The van der Waals surface area contributed by atoms with Crippen molar-refractivity contribution in [3.05, 3.63) is 61.8 Å². The van der Waals surface area contributed by atoms with Crippen LogP contribution in [-0.2, 0) is 9.53 Å². The summed E-state index contributed by atoms with van der Waals surface area (Å²) in [5.74, 6) is -0.928. The number of thiophene rings is 1. The van der Waals surface area contributed by atoms with E-state index in [9.17, 15) is 19.7 Å². The summed E-state index contributed by atoms with van der Waals surface area (Å²) in [5, 5.41) is 15.6. The molecule has 0 aliphatic rings. The molecule has 2 rings (SSSR count). The van der Waals surface area contributed by atoms with Gasteiger partial charge in [0.2, 0.25) is 0 Å². The number of nitro groups is 1. The molecule has 0 radical (unpaired) electrons. The highest BCUT2D eigenvalue weighted by molar-refractivity contribution is 7.10. The van der Waals surface area contributed by atoms with Crippen molar-refractivity contribution in [3.8, 4) is 0 Å². The van der Waals surface area contributed by atoms with Crippen LogP contribution in [0.2, 0.25) is 0 Å². The Morgan fingerprint density at radius 2 is 2.08 bits per heavy atom. The number of amides is 1. The fourth-order valence-corrected chi connectivity index (χ4v) is 3.04. The molecule has 1 heterocycles. The van der Waals surface area contributed by atoms with Crippen molar-refractivity contribution in [2.75, 3.05) is 7.11 Å². The van der Waals surface area contributed by atoms with Gasteiger partial charge in [0, 0.05) is 22.1 Å². The number of carbonyl (C=O) groups excluding carboxylic acids is 2. The van der Waals surface area contributed by atoms with E-state index in [0.717, 1.165) is 4.88 Å². The minimum atomic E-state index is -0.552. The molecule has 0 spiro atoms. The normalized spacial score (nSPS) is 11.6. The maximum atomic E-state index is 12.5. The van der Waals surface area contributed by atoms with E-state index in [4.69, 9.17) is 0 Å². The molecule has 1 N–H and O–H groups in total. The summed E-state index contributed by atoms with van der Waals surface area (Å²) in [5.41, 5.74) is 0.363. The maximum absolute atomic E-state index is 12.5. The number of esters is 1. The van der Waals surface area contributed by atoms with Crippen molar-refractivity contribution in [2.45, 2.75) is 19.4 Å². The van der Waals surface area contributed by atoms with Crippen molar-refractivity contribution < 1.29 is 19.2 Å². The third-order valence-electron chi connectivity index (χ3n) is 3.54. The van der Waals surface area contributed by atoms with Gasteiger partial charge in [-0.15, -0.1) is 11.3 Å². The molecule has 1 unspecified atom stereocenters. The summed E-state index contributed by atoms with van der Waals surface area (Å²) < 4.78 is 4.67. The second kappa shape index (κ2) is 7.69. The van der Waals surface area contributed by atoms with Gasteiger partial charge in [0.05, 0.1) is 24.5 Å². The highest BCUT2D eigenvalue weighted by atomic mass is 32.1. The quantitative estimate of drug-likeness (QED) is 0.491. The Balaban J connectivity index is 2.26. The van der Waals surface area contributed by atoms with Gasteiger partial charge >= 0.3 is 5.97 Å². The average molecular weight is 348 g/mol. The van der Waals surface area contributed by atoms with Gasteiger partial charge in [0.25, 0.3) is 11.6 Å². The van der Waals surface area contributed by atoms with Crippen LogP contribution < -0.4 is 5.32 Å². The van der Waals surface area contributed by atoms with Gasteiger partial charge in [-0.05, 0) is 24.4 Å². The number of ether oxygens (including phenoxy) is 1. The molecule has 0 bridgehead atoms. The van der Waals surface area contributed by atoms with E-state index in [-0.39, 0.29) is 23.2 Å². The molecule has 2 aromatic rings. The van der Waals surface area contributed by atoms with Gasteiger partial charge < -0.3 is 10.1 Å². The summed E-state index contributed by atoms with van der Waals surface area (Å²) in [6, 6.07) is 7.39. The molecule has 0 aliphatic carbocycles. The smallest absolute Gasteiger partial charge is 0.307 e. The number of nitrogens with one attached hydrogen (secondary N) is 1. The molecule has 1 atom stereocenters. The van der Waals surface area contributed by atoms with Crippen LogP contribution in [0.25, 0.3) is 0 Å². The Hall–Kier alpha value is -2.74. The minimum absolute atomic E-state index is 0.0171.